The second-order valence-electron chi connectivity index (χ2n) is 8.48. The van der Waals surface area contributed by atoms with Crippen LogP contribution in [0.5, 0.6) is 0 Å². The Morgan fingerprint density at radius 2 is 1.73 bits per heavy atom. The van der Waals surface area contributed by atoms with Crippen LogP contribution in [0.3, 0.4) is 0 Å². The summed E-state index contributed by atoms with van der Waals surface area (Å²) in [5, 5.41) is 3.40. The standard InChI is InChI=1S/C25H30N2O3/c1-17-13-22-21(15-24(28)30-23(22)14-18(17)2)16-26-19(3)25(20-7-5-4-6-8-20)27-9-11-29-12-10-27/h4-8,13-15,19,25-26H,9-12,16H2,1-3H3/p+2/t19-,25-/m0/s1. The molecule has 0 unspecified atom stereocenters. The quantitative estimate of drug-likeness (QED) is 0.608. The van der Waals surface area contributed by atoms with Crippen LogP contribution in [0.4, 0.5) is 0 Å². The fraction of sp³-hybridized carbons (Fsp3) is 0.400. The van der Waals surface area contributed by atoms with E-state index in [1.807, 2.05) is 13.0 Å². The lowest BCUT2D eigenvalue weighted by Gasteiger charge is -2.34. The first-order chi connectivity index (χ1) is 14.5. The molecule has 30 heavy (non-hydrogen) atoms. The zero-order valence-corrected chi connectivity index (χ0v) is 18.1. The van der Waals surface area contributed by atoms with Gasteiger partial charge in [-0.2, -0.15) is 0 Å². The van der Waals surface area contributed by atoms with Crippen molar-refractivity contribution in [3.8, 4) is 0 Å². The van der Waals surface area contributed by atoms with E-state index in [1.54, 1.807) is 11.0 Å². The highest BCUT2D eigenvalue weighted by Crippen LogP contribution is 2.21. The Balaban J connectivity index is 1.60. The minimum absolute atomic E-state index is 0.278. The molecule has 0 bridgehead atoms. The number of nitrogens with one attached hydrogen (secondary N) is 1. The summed E-state index contributed by atoms with van der Waals surface area (Å²) in [5.41, 5.74) is 5.16. The fourth-order valence-corrected chi connectivity index (χ4v) is 4.62. The molecule has 0 aliphatic carbocycles. The molecule has 2 atom stereocenters. The van der Waals surface area contributed by atoms with Gasteiger partial charge in [0, 0.05) is 22.6 Å². The lowest BCUT2D eigenvalue weighted by atomic mass is 9.97. The predicted molar refractivity (Wildman–Crippen MR) is 118 cm³/mol. The minimum Gasteiger partial charge on any atom is -0.423 e. The number of nitrogens with two attached hydrogens (primary N) is 1. The largest absolute Gasteiger partial charge is 0.423 e. The third-order valence-electron chi connectivity index (χ3n) is 6.41. The first-order valence-corrected chi connectivity index (χ1v) is 10.9. The number of hydrogen-bond donors (Lipinski definition) is 2. The van der Waals surface area contributed by atoms with Gasteiger partial charge in [0.05, 0.1) is 13.2 Å². The van der Waals surface area contributed by atoms with Gasteiger partial charge in [-0.25, -0.2) is 4.79 Å². The van der Waals surface area contributed by atoms with Crippen molar-refractivity contribution in [3.63, 3.8) is 0 Å². The van der Waals surface area contributed by atoms with Gasteiger partial charge in [-0.05, 0) is 44.0 Å². The van der Waals surface area contributed by atoms with E-state index in [2.05, 4.69) is 55.6 Å². The molecule has 4 rings (SSSR count). The van der Waals surface area contributed by atoms with Crippen molar-refractivity contribution in [2.75, 3.05) is 26.3 Å². The fourth-order valence-electron chi connectivity index (χ4n) is 4.62. The second kappa shape index (κ2) is 9.13. The molecule has 3 N–H and O–H groups in total. The Morgan fingerprint density at radius 1 is 1.03 bits per heavy atom. The Labute approximate surface area is 177 Å². The Kier molecular flexibility index (Phi) is 6.32. The zero-order valence-electron chi connectivity index (χ0n) is 18.1. The maximum Gasteiger partial charge on any atom is 0.336 e. The SMILES string of the molecule is Cc1cc2oc(=O)cc(C[NH2+][C@@H](C)[C@@H](c3ccccc3)[NH+]3CCOCC3)c2cc1C. The number of hydrogen-bond acceptors (Lipinski definition) is 3. The molecule has 0 saturated carbocycles. The molecule has 0 amide bonds. The number of rotatable bonds is 6. The summed E-state index contributed by atoms with van der Waals surface area (Å²) in [6.07, 6.45) is 0. The maximum absolute atomic E-state index is 12.1. The predicted octanol–water partition coefficient (Wildman–Crippen LogP) is 1.52. The van der Waals surface area contributed by atoms with Crippen molar-refractivity contribution in [1.82, 2.24) is 0 Å². The van der Waals surface area contributed by atoms with Gasteiger partial charge in [0.25, 0.3) is 0 Å². The number of fused-ring (bicyclic) bond motifs is 1. The number of aryl methyl sites for hydroxylation is 2. The number of morpholine rings is 1. The van der Waals surface area contributed by atoms with Crippen LogP contribution < -0.4 is 15.8 Å². The summed E-state index contributed by atoms with van der Waals surface area (Å²) < 4.78 is 11.1. The molecule has 1 aliphatic rings. The van der Waals surface area contributed by atoms with Crippen LogP contribution in [-0.2, 0) is 11.3 Å². The van der Waals surface area contributed by atoms with Gasteiger partial charge < -0.3 is 19.4 Å². The van der Waals surface area contributed by atoms with E-state index in [1.165, 1.54) is 11.1 Å². The third-order valence-corrected chi connectivity index (χ3v) is 6.41. The lowest BCUT2D eigenvalue weighted by Crippen LogP contribution is -3.17. The molecule has 5 heteroatoms. The summed E-state index contributed by atoms with van der Waals surface area (Å²) >= 11 is 0. The van der Waals surface area contributed by atoms with Crippen molar-refractivity contribution >= 4 is 11.0 Å². The molecular weight excluding hydrogens is 376 g/mol. The highest BCUT2D eigenvalue weighted by atomic mass is 16.5. The van der Waals surface area contributed by atoms with Crippen molar-refractivity contribution in [2.24, 2.45) is 0 Å². The van der Waals surface area contributed by atoms with Crippen LogP contribution in [0.25, 0.3) is 11.0 Å². The molecule has 1 saturated heterocycles. The number of ether oxygens (including phenoxy) is 1. The number of quaternary nitrogens is 2. The summed E-state index contributed by atoms with van der Waals surface area (Å²) in [6, 6.07) is 17.3. The molecule has 5 nitrogen and oxygen atoms in total. The van der Waals surface area contributed by atoms with Crippen molar-refractivity contribution in [3.05, 3.63) is 81.2 Å². The van der Waals surface area contributed by atoms with E-state index in [-0.39, 0.29) is 5.63 Å². The van der Waals surface area contributed by atoms with Crippen LogP contribution in [0.2, 0.25) is 0 Å². The molecule has 1 aromatic heterocycles. The van der Waals surface area contributed by atoms with Gasteiger partial charge in [-0.3, -0.25) is 0 Å². The van der Waals surface area contributed by atoms with Gasteiger partial charge in [-0.1, -0.05) is 30.3 Å². The smallest absolute Gasteiger partial charge is 0.336 e. The third kappa shape index (κ3) is 4.48. The van der Waals surface area contributed by atoms with Gasteiger partial charge in [0.2, 0.25) is 0 Å². The first kappa shape index (κ1) is 20.8. The molecule has 1 aliphatic heterocycles. The van der Waals surface area contributed by atoms with Gasteiger partial charge in [0.15, 0.2) is 6.04 Å². The average molecular weight is 409 g/mol. The summed E-state index contributed by atoms with van der Waals surface area (Å²) in [7, 11) is 0. The van der Waals surface area contributed by atoms with Crippen LogP contribution >= 0.6 is 0 Å². The Bertz CT molecular complexity index is 1060. The molecule has 1 fully saturated rings. The minimum atomic E-state index is -0.278. The molecule has 2 heterocycles. The summed E-state index contributed by atoms with van der Waals surface area (Å²) in [5.74, 6) is 0. The highest BCUT2D eigenvalue weighted by Gasteiger charge is 2.33. The first-order valence-electron chi connectivity index (χ1n) is 10.9. The average Bonchev–Trinajstić information content (AvgIpc) is 2.75. The molecule has 0 radical (unpaired) electrons. The molecule has 3 aromatic rings. The van der Waals surface area contributed by atoms with E-state index < -0.39 is 0 Å². The van der Waals surface area contributed by atoms with Crippen LogP contribution in [0.15, 0.2) is 57.7 Å². The second-order valence-corrected chi connectivity index (χ2v) is 8.48. The van der Waals surface area contributed by atoms with E-state index in [9.17, 15) is 4.79 Å². The van der Waals surface area contributed by atoms with Gasteiger partial charge in [-0.15, -0.1) is 0 Å². The van der Waals surface area contributed by atoms with E-state index in [0.717, 1.165) is 49.4 Å². The van der Waals surface area contributed by atoms with Crippen molar-refractivity contribution in [1.29, 1.82) is 0 Å². The monoisotopic (exact) mass is 408 g/mol. The van der Waals surface area contributed by atoms with Crippen molar-refractivity contribution in [2.45, 2.75) is 39.4 Å². The van der Waals surface area contributed by atoms with Crippen LogP contribution in [0.1, 0.15) is 35.2 Å². The Hall–Kier alpha value is -2.47. The van der Waals surface area contributed by atoms with E-state index >= 15 is 0 Å². The summed E-state index contributed by atoms with van der Waals surface area (Å²) in [6.45, 7) is 10.9. The molecule has 158 valence electrons. The topological polar surface area (TPSA) is 60.5 Å². The molecule has 0 spiro atoms. The molecular formula is C25H32N2O3+2. The highest BCUT2D eigenvalue weighted by molar-refractivity contribution is 5.81. The lowest BCUT2D eigenvalue weighted by molar-refractivity contribution is -0.959. The maximum atomic E-state index is 12.1. The van der Waals surface area contributed by atoms with Crippen molar-refractivity contribution < 1.29 is 19.4 Å². The summed E-state index contributed by atoms with van der Waals surface area (Å²) in [4.78, 5) is 13.7. The van der Waals surface area contributed by atoms with E-state index in [0.29, 0.717) is 17.7 Å². The van der Waals surface area contributed by atoms with Gasteiger partial charge >= 0.3 is 5.63 Å². The van der Waals surface area contributed by atoms with Gasteiger partial charge in [0.1, 0.15) is 31.3 Å². The van der Waals surface area contributed by atoms with E-state index in [4.69, 9.17) is 9.15 Å². The van der Waals surface area contributed by atoms with Crippen LogP contribution in [0, 0.1) is 13.8 Å². The van der Waals surface area contributed by atoms with Crippen LogP contribution in [-0.4, -0.2) is 32.3 Å². The Morgan fingerprint density at radius 3 is 2.47 bits per heavy atom. The zero-order chi connectivity index (χ0) is 21.1. The normalized spacial score (nSPS) is 17.2. The molecule has 2 aromatic carbocycles. The number of benzene rings is 2.